The highest BCUT2D eigenvalue weighted by molar-refractivity contribution is 7.99. The Labute approximate surface area is 113 Å². The third kappa shape index (κ3) is 6.67. The molecule has 0 aliphatic rings. The van der Waals surface area contributed by atoms with Crippen LogP contribution in [0.2, 0.25) is 0 Å². The van der Waals surface area contributed by atoms with E-state index in [1.807, 2.05) is 6.07 Å². The van der Waals surface area contributed by atoms with Crippen molar-refractivity contribution in [3.05, 3.63) is 35.4 Å². The van der Waals surface area contributed by atoms with Crippen LogP contribution in [0.1, 0.15) is 25.0 Å². The zero-order valence-electron chi connectivity index (χ0n) is 11.2. The lowest BCUT2D eigenvalue weighted by atomic mass is 10.1. The molecule has 0 fully saturated rings. The molecule has 1 aromatic rings. The van der Waals surface area contributed by atoms with Crippen LogP contribution < -0.4 is 5.32 Å². The summed E-state index contributed by atoms with van der Waals surface area (Å²) in [7, 11) is 0. The van der Waals surface area contributed by atoms with Gasteiger partial charge in [-0.25, -0.2) is 0 Å². The number of nitrogens with one attached hydrogen (secondary N) is 1. The monoisotopic (exact) mass is 267 g/mol. The van der Waals surface area contributed by atoms with Gasteiger partial charge in [-0.3, -0.25) is 4.79 Å². The van der Waals surface area contributed by atoms with Gasteiger partial charge in [0.1, 0.15) is 0 Å². The molecule has 18 heavy (non-hydrogen) atoms. The van der Waals surface area contributed by atoms with Gasteiger partial charge < -0.3 is 10.4 Å². The number of aryl methyl sites for hydroxylation is 1. The largest absolute Gasteiger partial charge is 0.389 e. The first-order valence-corrected chi connectivity index (χ1v) is 7.15. The highest BCUT2D eigenvalue weighted by Gasteiger charge is 2.13. The summed E-state index contributed by atoms with van der Waals surface area (Å²) in [6.45, 7) is 5.70. The van der Waals surface area contributed by atoms with E-state index in [4.69, 9.17) is 0 Å². The number of benzene rings is 1. The van der Waals surface area contributed by atoms with Gasteiger partial charge in [0.05, 0.1) is 11.4 Å². The van der Waals surface area contributed by atoms with Crippen molar-refractivity contribution in [2.45, 2.75) is 32.1 Å². The van der Waals surface area contributed by atoms with Gasteiger partial charge in [-0.2, -0.15) is 0 Å². The van der Waals surface area contributed by atoms with Gasteiger partial charge in [0.15, 0.2) is 0 Å². The van der Waals surface area contributed by atoms with Gasteiger partial charge in [0, 0.05) is 12.3 Å². The summed E-state index contributed by atoms with van der Waals surface area (Å²) in [4.78, 5) is 11.5. The van der Waals surface area contributed by atoms with Crippen LogP contribution in [0.4, 0.5) is 0 Å². The molecular formula is C14H21NO2S. The first-order valence-electron chi connectivity index (χ1n) is 5.99. The molecule has 0 radical (unpaired) electrons. The van der Waals surface area contributed by atoms with Gasteiger partial charge in [0.25, 0.3) is 0 Å². The van der Waals surface area contributed by atoms with Gasteiger partial charge >= 0.3 is 0 Å². The van der Waals surface area contributed by atoms with Gasteiger partial charge in [0.2, 0.25) is 5.91 Å². The second kappa shape index (κ2) is 6.81. The number of rotatable bonds is 6. The van der Waals surface area contributed by atoms with Crippen LogP contribution in [0.5, 0.6) is 0 Å². The fraction of sp³-hybridized carbons (Fsp3) is 0.500. The molecule has 4 heteroatoms. The number of thioether (sulfide) groups is 1. The van der Waals surface area contributed by atoms with E-state index < -0.39 is 5.60 Å². The van der Waals surface area contributed by atoms with Crippen molar-refractivity contribution in [1.82, 2.24) is 5.32 Å². The number of carbonyl (C=O) groups excluding carboxylic acids is 1. The molecule has 100 valence electrons. The molecule has 0 atom stereocenters. The summed E-state index contributed by atoms with van der Waals surface area (Å²) >= 11 is 1.58. The third-order valence-electron chi connectivity index (χ3n) is 2.30. The van der Waals surface area contributed by atoms with Crippen LogP contribution in [0.15, 0.2) is 24.3 Å². The molecule has 0 bridgehead atoms. The zero-order chi connectivity index (χ0) is 13.6. The Hall–Kier alpha value is -1.00. The van der Waals surface area contributed by atoms with Crippen molar-refractivity contribution in [3.63, 3.8) is 0 Å². The lowest BCUT2D eigenvalue weighted by Gasteiger charge is -2.17. The average Bonchev–Trinajstić information content (AvgIpc) is 2.25. The Kier molecular flexibility index (Phi) is 5.69. The fourth-order valence-electron chi connectivity index (χ4n) is 1.43. The van der Waals surface area contributed by atoms with E-state index in [1.54, 1.807) is 25.6 Å². The van der Waals surface area contributed by atoms with Crippen LogP contribution in [0.3, 0.4) is 0 Å². The molecule has 3 nitrogen and oxygen atoms in total. The molecule has 2 N–H and O–H groups in total. The molecule has 0 heterocycles. The van der Waals surface area contributed by atoms with Crippen LogP contribution in [0.25, 0.3) is 0 Å². The maximum Gasteiger partial charge on any atom is 0.230 e. The normalized spacial score (nSPS) is 11.3. The highest BCUT2D eigenvalue weighted by Crippen LogP contribution is 2.13. The van der Waals surface area contributed by atoms with E-state index in [0.29, 0.717) is 5.75 Å². The van der Waals surface area contributed by atoms with E-state index in [0.717, 1.165) is 5.75 Å². The van der Waals surface area contributed by atoms with Gasteiger partial charge in [-0.1, -0.05) is 29.8 Å². The lowest BCUT2D eigenvalue weighted by molar-refractivity contribution is -0.119. The smallest absolute Gasteiger partial charge is 0.230 e. The summed E-state index contributed by atoms with van der Waals surface area (Å²) in [5.74, 6) is 1.22. The van der Waals surface area contributed by atoms with Crippen molar-refractivity contribution in [2.24, 2.45) is 0 Å². The zero-order valence-corrected chi connectivity index (χ0v) is 12.0. The fourth-order valence-corrected chi connectivity index (χ4v) is 2.23. The van der Waals surface area contributed by atoms with Crippen LogP contribution in [0, 0.1) is 6.92 Å². The van der Waals surface area contributed by atoms with E-state index in [1.165, 1.54) is 11.1 Å². The molecule has 1 amide bonds. The number of hydrogen-bond donors (Lipinski definition) is 2. The van der Waals surface area contributed by atoms with Gasteiger partial charge in [-0.15, -0.1) is 11.8 Å². The summed E-state index contributed by atoms with van der Waals surface area (Å²) < 4.78 is 0. The van der Waals surface area contributed by atoms with E-state index >= 15 is 0 Å². The quantitative estimate of drug-likeness (QED) is 0.830. The molecule has 0 aliphatic heterocycles. The minimum Gasteiger partial charge on any atom is -0.389 e. The lowest BCUT2D eigenvalue weighted by Crippen LogP contribution is -2.38. The average molecular weight is 267 g/mol. The van der Waals surface area contributed by atoms with Crippen LogP contribution in [-0.4, -0.2) is 28.9 Å². The van der Waals surface area contributed by atoms with Crippen LogP contribution >= 0.6 is 11.8 Å². The maximum atomic E-state index is 11.5. The van der Waals surface area contributed by atoms with E-state index in [9.17, 15) is 9.90 Å². The maximum absolute atomic E-state index is 11.5. The summed E-state index contributed by atoms with van der Waals surface area (Å²) in [5, 5.41) is 12.2. The van der Waals surface area contributed by atoms with Crippen LogP contribution in [-0.2, 0) is 10.5 Å². The minimum atomic E-state index is -0.850. The molecule has 1 rings (SSSR count). The molecule has 0 saturated heterocycles. The predicted octanol–water partition coefficient (Wildman–Crippen LogP) is 2.12. The summed E-state index contributed by atoms with van der Waals surface area (Å²) in [5.41, 5.74) is 1.62. The minimum absolute atomic E-state index is 0.0326. The summed E-state index contributed by atoms with van der Waals surface area (Å²) in [6.07, 6.45) is 0. The number of aliphatic hydroxyl groups is 1. The molecule has 0 spiro atoms. The second-order valence-electron chi connectivity index (χ2n) is 5.07. The molecular weight excluding hydrogens is 246 g/mol. The van der Waals surface area contributed by atoms with E-state index in [2.05, 4.69) is 30.4 Å². The van der Waals surface area contributed by atoms with Crippen molar-refractivity contribution in [2.75, 3.05) is 12.3 Å². The topological polar surface area (TPSA) is 49.3 Å². The summed E-state index contributed by atoms with van der Waals surface area (Å²) in [6, 6.07) is 8.28. The number of amides is 1. The van der Waals surface area contributed by atoms with Crippen molar-refractivity contribution >= 4 is 17.7 Å². The standard InChI is InChI=1S/C14H21NO2S/c1-11-5-4-6-12(7-11)8-18-9-13(16)15-10-14(2,3)17/h4-7,17H,8-10H2,1-3H3,(H,15,16). The first-order chi connectivity index (χ1) is 8.37. The molecule has 0 aliphatic carbocycles. The Bertz CT molecular complexity index is 399. The molecule has 0 saturated carbocycles. The third-order valence-corrected chi connectivity index (χ3v) is 3.31. The SMILES string of the molecule is Cc1cccc(CSCC(=O)NCC(C)(C)O)c1. The molecule has 0 aromatic heterocycles. The number of carbonyl (C=O) groups is 1. The Morgan fingerprint density at radius 3 is 2.78 bits per heavy atom. The number of hydrogen-bond acceptors (Lipinski definition) is 3. The molecule has 0 unspecified atom stereocenters. The Balaban J connectivity index is 2.23. The van der Waals surface area contributed by atoms with Crippen molar-refractivity contribution < 1.29 is 9.90 Å². The predicted molar refractivity (Wildman–Crippen MR) is 76.6 cm³/mol. The Morgan fingerprint density at radius 2 is 2.17 bits per heavy atom. The first kappa shape index (κ1) is 15.1. The second-order valence-corrected chi connectivity index (χ2v) is 6.06. The van der Waals surface area contributed by atoms with Crippen molar-refractivity contribution in [1.29, 1.82) is 0 Å². The Morgan fingerprint density at radius 1 is 1.44 bits per heavy atom. The highest BCUT2D eigenvalue weighted by atomic mass is 32.2. The van der Waals surface area contributed by atoms with Gasteiger partial charge in [-0.05, 0) is 26.3 Å². The van der Waals surface area contributed by atoms with Crippen molar-refractivity contribution in [3.8, 4) is 0 Å². The molecule has 1 aromatic carbocycles. The van der Waals surface area contributed by atoms with E-state index in [-0.39, 0.29) is 12.5 Å².